The average Bonchev–Trinajstić information content (AvgIpc) is 3.07. The number of hydrogen-bond donors (Lipinski definition) is 1. The summed E-state index contributed by atoms with van der Waals surface area (Å²) in [4.78, 5) is 22.0. The molecule has 2 aliphatic rings. The molecule has 0 saturated carbocycles. The lowest BCUT2D eigenvalue weighted by molar-refractivity contribution is -0.122. The van der Waals surface area contributed by atoms with Gasteiger partial charge in [0.25, 0.3) is 11.8 Å². The second-order valence-corrected chi connectivity index (χ2v) is 9.84. The van der Waals surface area contributed by atoms with Gasteiger partial charge in [-0.1, -0.05) is 30.9 Å². The van der Waals surface area contributed by atoms with Crippen molar-refractivity contribution in [1.29, 1.82) is 0 Å². The molecule has 1 aliphatic heterocycles. The van der Waals surface area contributed by atoms with Crippen LogP contribution < -0.4 is 14.4 Å². The first-order chi connectivity index (χ1) is 18.3. The van der Waals surface area contributed by atoms with E-state index in [9.17, 15) is 36.6 Å². The SMILES string of the molecule is C=CC1=CCC2(Cl)C(=O)N(c3c(F)c(F)c(F)c(F)c3F)C(=O)C2(Cl)C1C=Cc1cc(OC)c(O)c(OC)c1. The Kier molecular flexibility index (Phi) is 7.20. The van der Waals surface area contributed by atoms with Gasteiger partial charge in [-0.25, -0.2) is 26.9 Å². The summed E-state index contributed by atoms with van der Waals surface area (Å²) in [6.45, 7) is 3.66. The Labute approximate surface area is 228 Å². The maximum Gasteiger partial charge on any atom is 0.258 e. The highest BCUT2D eigenvalue weighted by Crippen LogP contribution is 2.57. The number of imide groups is 1. The number of alkyl halides is 2. The van der Waals surface area contributed by atoms with Gasteiger partial charge in [-0.15, -0.1) is 23.2 Å². The van der Waals surface area contributed by atoms with Gasteiger partial charge in [0.05, 0.1) is 14.2 Å². The van der Waals surface area contributed by atoms with Crippen LogP contribution in [0.5, 0.6) is 17.2 Å². The van der Waals surface area contributed by atoms with Crippen LogP contribution in [-0.2, 0) is 9.59 Å². The number of carbonyl (C=O) groups excluding carboxylic acids is 2. The zero-order chi connectivity index (χ0) is 29.0. The molecule has 1 N–H and O–H groups in total. The van der Waals surface area contributed by atoms with Crippen LogP contribution in [0.1, 0.15) is 12.0 Å². The Hall–Kier alpha value is -3.57. The van der Waals surface area contributed by atoms with Gasteiger partial charge in [0, 0.05) is 5.92 Å². The molecule has 6 nitrogen and oxygen atoms in total. The third kappa shape index (κ3) is 3.89. The molecule has 0 spiro atoms. The highest BCUT2D eigenvalue weighted by Gasteiger charge is 2.73. The number of aromatic hydroxyl groups is 1. The van der Waals surface area contributed by atoms with Gasteiger partial charge in [0.15, 0.2) is 44.5 Å². The molecule has 1 aliphatic carbocycles. The third-order valence-corrected chi connectivity index (χ3v) is 8.10. The summed E-state index contributed by atoms with van der Waals surface area (Å²) >= 11 is 13.4. The van der Waals surface area contributed by atoms with Crippen LogP contribution >= 0.6 is 23.2 Å². The van der Waals surface area contributed by atoms with E-state index in [1.54, 1.807) is 0 Å². The number of allylic oxidation sites excluding steroid dienone is 4. The molecule has 2 aromatic rings. The standard InChI is InChI=1S/C26H18Cl2F5NO5/c1-4-12-7-8-25(27)23(36)34(21-19(32)17(30)16(29)18(31)20(21)33)24(37)26(25,28)13(12)6-5-11-9-14(38-2)22(35)15(10-11)39-3/h4-7,9-10,13,35H,1,8H2,2-3H3. The second-order valence-electron chi connectivity index (χ2n) is 8.60. The van der Waals surface area contributed by atoms with Gasteiger partial charge in [-0.05, 0) is 29.7 Å². The van der Waals surface area contributed by atoms with Crippen molar-refractivity contribution in [3.8, 4) is 17.2 Å². The third-order valence-electron chi connectivity index (χ3n) is 6.67. The van der Waals surface area contributed by atoms with Crippen LogP contribution in [0.3, 0.4) is 0 Å². The number of benzene rings is 2. The summed E-state index contributed by atoms with van der Waals surface area (Å²) in [6.07, 6.45) is 5.06. The summed E-state index contributed by atoms with van der Waals surface area (Å²) in [5, 5.41) is 10.1. The fourth-order valence-electron chi connectivity index (χ4n) is 4.65. The van der Waals surface area contributed by atoms with Crippen LogP contribution in [0.25, 0.3) is 6.08 Å². The fraction of sp³-hybridized carbons (Fsp3) is 0.231. The van der Waals surface area contributed by atoms with E-state index in [2.05, 4.69) is 6.58 Å². The molecule has 3 atom stereocenters. The van der Waals surface area contributed by atoms with E-state index in [0.717, 1.165) is 0 Å². The lowest BCUT2D eigenvalue weighted by Crippen LogP contribution is -2.55. The predicted molar refractivity (Wildman–Crippen MR) is 133 cm³/mol. The Morgan fingerprint density at radius 2 is 1.49 bits per heavy atom. The van der Waals surface area contributed by atoms with E-state index < -0.39 is 68.7 Å². The molecule has 39 heavy (non-hydrogen) atoms. The van der Waals surface area contributed by atoms with Crippen molar-refractivity contribution >= 4 is 46.8 Å². The number of hydrogen-bond acceptors (Lipinski definition) is 5. The number of carbonyl (C=O) groups is 2. The van der Waals surface area contributed by atoms with Gasteiger partial charge in [-0.3, -0.25) is 9.59 Å². The van der Waals surface area contributed by atoms with Crippen molar-refractivity contribution in [2.45, 2.75) is 16.2 Å². The normalized spacial score (nSPS) is 24.7. The van der Waals surface area contributed by atoms with E-state index in [0.29, 0.717) is 5.56 Å². The molecule has 3 unspecified atom stereocenters. The lowest BCUT2D eigenvalue weighted by atomic mass is 9.71. The minimum absolute atomic E-state index is 0.0361. The fourth-order valence-corrected chi connectivity index (χ4v) is 5.45. The van der Waals surface area contributed by atoms with Crippen molar-refractivity contribution in [2.75, 3.05) is 19.1 Å². The largest absolute Gasteiger partial charge is 0.502 e. The number of ether oxygens (including phenoxy) is 2. The maximum absolute atomic E-state index is 14.7. The molecule has 1 heterocycles. The van der Waals surface area contributed by atoms with Gasteiger partial charge in [-0.2, -0.15) is 0 Å². The van der Waals surface area contributed by atoms with E-state index >= 15 is 0 Å². The number of phenolic OH excluding ortho intramolecular Hbond substituents is 1. The number of phenols is 1. The summed E-state index contributed by atoms with van der Waals surface area (Å²) < 4.78 is 81.2. The molecule has 206 valence electrons. The summed E-state index contributed by atoms with van der Waals surface area (Å²) in [5.74, 6) is -16.5. The van der Waals surface area contributed by atoms with E-state index in [1.807, 2.05) is 0 Å². The molecule has 1 fully saturated rings. The molecule has 4 rings (SSSR count). The monoisotopic (exact) mass is 589 g/mol. The van der Waals surface area contributed by atoms with Gasteiger partial charge < -0.3 is 14.6 Å². The molecule has 0 bridgehead atoms. The van der Waals surface area contributed by atoms with Crippen molar-refractivity contribution in [2.24, 2.45) is 5.92 Å². The summed E-state index contributed by atoms with van der Waals surface area (Å²) in [6, 6.07) is 2.82. The van der Waals surface area contributed by atoms with E-state index in [4.69, 9.17) is 32.7 Å². The zero-order valence-electron chi connectivity index (χ0n) is 20.1. The molecular weight excluding hydrogens is 572 g/mol. The Balaban J connectivity index is 1.89. The first kappa shape index (κ1) is 28.4. The number of fused-ring (bicyclic) bond motifs is 1. The van der Waals surface area contributed by atoms with Gasteiger partial charge in [0.2, 0.25) is 11.6 Å². The minimum atomic E-state index is -2.48. The first-order valence-electron chi connectivity index (χ1n) is 11.0. The predicted octanol–water partition coefficient (Wildman–Crippen LogP) is 5.78. The Morgan fingerprint density at radius 3 is 1.97 bits per heavy atom. The van der Waals surface area contributed by atoms with Crippen LogP contribution in [-0.4, -0.2) is 40.9 Å². The highest BCUT2D eigenvalue weighted by molar-refractivity contribution is 6.58. The molecular formula is C26H18Cl2F5NO5. The lowest BCUT2D eigenvalue weighted by Gasteiger charge is -2.40. The number of methoxy groups -OCH3 is 2. The number of amides is 2. The van der Waals surface area contributed by atoms with Crippen LogP contribution in [0, 0.1) is 35.0 Å². The molecule has 0 radical (unpaired) electrons. The Morgan fingerprint density at radius 1 is 0.974 bits per heavy atom. The molecule has 2 aromatic carbocycles. The van der Waals surface area contributed by atoms with Gasteiger partial charge in [0.1, 0.15) is 5.69 Å². The van der Waals surface area contributed by atoms with Crippen molar-refractivity contribution in [3.05, 3.63) is 77.2 Å². The van der Waals surface area contributed by atoms with Gasteiger partial charge >= 0.3 is 0 Å². The maximum atomic E-state index is 14.7. The molecule has 2 amide bonds. The smallest absolute Gasteiger partial charge is 0.258 e. The van der Waals surface area contributed by atoms with E-state index in [-0.39, 0.29) is 27.7 Å². The molecule has 1 saturated heterocycles. The molecule has 0 aromatic heterocycles. The minimum Gasteiger partial charge on any atom is -0.502 e. The second kappa shape index (κ2) is 9.87. The number of nitrogens with zero attached hydrogens (tertiary/aromatic N) is 1. The van der Waals surface area contributed by atoms with Crippen LogP contribution in [0.2, 0.25) is 0 Å². The first-order valence-corrected chi connectivity index (χ1v) is 11.8. The topological polar surface area (TPSA) is 76.1 Å². The van der Waals surface area contributed by atoms with Crippen molar-refractivity contribution < 1.29 is 46.1 Å². The van der Waals surface area contributed by atoms with Crippen LogP contribution in [0.4, 0.5) is 27.6 Å². The van der Waals surface area contributed by atoms with Crippen LogP contribution in [0.15, 0.2) is 42.5 Å². The highest BCUT2D eigenvalue weighted by atomic mass is 35.5. The van der Waals surface area contributed by atoms with E-state index in [1.165, 1.54) is 50.7 Å². The van der Waals surface area contributed by atoms with Crippen molar-refractivity contribution in [1.82, 2.24) is 0 Å². The number of anilines is 1. The molecule has 13 heteroatoms. The number of rotatable bonds is 6. The average molecular weight is 590 g/mol. The quantitative estimate of drug-likeness (QED) is 0.152. The summed E-state index contributed by atoms with van der Waals surface area (Å²) in [7, 11) is 2.60. The number of halogens is 7. The van der Waals surface area contributed by atoms with Crippen molar-refractivity contribution in [3.63, 3.8) is 0 Å². The summed E-state index contributed by atoms with van der Waals surface area (Å²) in [5.41, 5.74) is -1.13. The zero-order valence-corrected chi connectivity index (χ0v) is 21.6. The Bertz CT molecular complexity index is 1440.